The highest BCUT2D eigenvalue weighted by Gasteiger charge is 2.24. The lowest BCUT2D eigenvalue weighted by Crippen LogP contribution is -2.54. The van der Waals surface area contributed by atoms with Crippen LogP contribution in [-0.2, 0) is 11.2 Å². The molecule has 0 aliphatic carbocycles. The molecule has 3 N–H and O–H groups in total. The molecule has 0 saturated heterocycles. The van der Waals surface area contributed by atoms with Gasteiger partial charge in [-0.15, -0.1) is 24.0 Å². The number of halogens is 1. The maximum absolute atomic E-state index is 11.9. The van der Waals surface area contributed by atoms with Gasteiger partial charge in [0.15, 0.2) is 5.96 Å². The largest absolute Gasteiger partial charge is 0.444 e. The predicted molar refractivity (Wildman–Crippen MR) is 121 cm³/mol. The summed E-state index contributed by atoms with van der Waals surface area (Å²) in [6.45, 7) is 12.6. The second kappa shape index (κ2) is 11.3. The second-order valence-electron chi connectivity index (χ2n) is 7.92. The lowest BCUT2D eigenvalue weighted by molar-refractivity contribution is 0.0474. The number of ether oxygens (including phenoxy) is 1. The molecule has 1 rings (SSSR count). The van der Waals surface area contributed by atoms with Crippen LogP contribution in [0.3, 0.4) is 0 Å². The van der Waals surface area contributed by atoms with Crippen molar-refractivity contribution in [3.05, 3.63) is 29.6 Å². The minimum Gasteiger partial charge on any atom is -0.444 e. The number of aryl methyl sites for hydroxylation is 1. The van der Waals surface area contributed by atoms with Gasteiger partial charge in [-0.1, -0.05) is 6.07 Å². The van der Waals surface area contributed by atoms with Crippen LogP contribution in [-0.4, -0.2) is 48.3 Å². The smallest absolute Gasteiger partial charge is 0.408 e. The molecule has 27 heavy (non-hydrogen) atoms. The lowest BCUT2D eigenvalue weighted by Gasteiger charge is -2.29. The quantitative estimate of drug-likeness (QED) is 0.324. The number of nitrogens with one attached hydrogen (secondary N) is 3. The molecule has 0 aliphatic rings. The third-order valence-corrected chi connectivity index (χ3v) is 3.44. The number of guanidine groups is 1. The average molecular weight is 491 g/mol. The minimum absolute atomic E-state index is 0. The van der Waals surface area contributed by atoms with E-state index in [4.69, 9.17) is 4.74 Å². The van der Waals surface area contributed by atoms with Crippen molar-refractivity contribution < 1.29 is 9.53 Å². The molecule has 0 aliphatic heterocycles. The van der Waals surface area contributed by atoms with Crippen LogP contribution in [0.15, 0.2) is 23.3 Å². The van der Waals surface area contributed by atoms with E-state index >= 15 is 0 Å². The molecule has 0 spiro atoms. The zero-order chi connectivity index (χ0) is 19.8. The van der Waals surface area contributed by atoms with Crippen molar-refractivity contribution in [3.63, 3.8) is 0 Å². The van der Waals surface area contributed by atoms with Crippen molar-refractivity contribution in [1.29, 1.82) is 0 Å². The van der Waals surface area contributed by atoms with Crippen LogP contribution in [0.2, 0.25) is 0 Å². The number of hydrogen-bond donors (Lipinski definition) is 3. The third kappa shape index (κ3) is 11.7. The normalized spacial score (nSPS) is 12.0. The highest BCUT2D eigenvalue weighted by atomic mass is 127. The zero-order valence-electron chi connectivity index (χ0n) is 17.5. The van der Waals surface area contributed by atoms with Crippen LogP contribution >= 0.6 is 24.0 Å². The number of amides is 1. The fraction of sp³-hybridized carbons (Fsp3) is 0.632. The summed E-state index contributed by atoms with van der Waals surface area (Å²) >= 11 is 0. The molecule has 0 aromatic carbocycles. The maximum Gasteiger partial charge on any atom is 0.408 e. The topological polar surface area (TPSA) is 87.6 Å². The molecule has 0 bridgehead atoms. The molecule has 0 saturated carbocycles. The van der Waals surface area contributed by atoms with E-state index in [0.717, 1.165) is 18.7 Å². The Balaban J connectivity index is 0.00000676. The van der Waals surface area contributed by atoms with Gasteiger partial charge >= 0.3 is 6.09 Å². The van der Waals surface area contributed by atoms with Gasteiger partial charge in [0.25, 0.3) is 0 Å². The molecule has 0 radical (unpaired) electrons. The van der Waals surface area contributed by atoms with Gasteiger partial charge in [-0.3, -0.25) is 9.98 Å². The first-order chi connectivity index (χ1) is 12.0. The Bertz CT molecular complexity index is 610. The number of aromatic nitrogens is 1. The first-order valence-electron chi connectivity index (χ1n) is 8.88. The molecule has 8 heteroatoms. The Labute approximate surface area is 180 Å². The Morgan fingerprint density at radius 1 is 1.19 bits per heavy atom. The first kappa shape index (κ1) is 25.4. The van der Waals surface area contributed by atoms with E-state index in [9.17, 15) is 4.79 Å². The third-order valence-electron chi connectivity index (χ3n) is 3.44. The lowest BCUT2D eigenvalue weighted by atomic mass is 10.1. The van der Waals surface area contributed by atoms with E-state index in [2.05, 4.69) is 32.0 Å². The Morgan fingerprint density at radius 2 is 1.85 bits per heavy atom. The Morgan fingerprint density at radius 3 is 2.37 bits per heavy atom. The molecule has 1 heterocycles. The number of carbonyl (C=O) groups excluding carboxylic acids is 1. The molecule has 0 unspecified atom stereocenters. The summed E-state index contributed by atoms with van der Waals surface area (Å²) in [6, 6.07) is 4.08. The molecular formula is C19H34IN5O2. The number of carbonyl (C=O) groups is 1. The summed E-state index contributed by atoms with van der Waals surface area (Å²) in [5, 5.41) is 9.35. The number of pyridine rings is 1. The summed E-state index contributed by atoms with van der Waals surface area (Å²) in [4.78, 5) is 20.4. The molecular weight excluding hydrogens is 457 g/mol. The SMILES string of the molecule is CN=C(NCCc1ccc(C)nc1)NCC(C)(C)NC(=O)OC(C)(C)C.I. The van der Waals surface area contributed by atoms with Crippen LogP contribution < -0.4 is 16.0 Å². The van der Waals surface area contributed by atoms with E-state index in [-0.39, 0.29) is 24.0 Å². The van der Waals surface area contributed by atoms with Crippen molar-refractivity contribution in [1.82, 2.24) is 20.9 Å². The van der Waals surface area contributed by atoms with Gasteiger partial charge in [0, 0.05) is 32.0 Å². The summed E-state index contributed by atoms with van der Waals surface area (Å²) in [7, 11) is 1.72. The van der Waals surface area contributed by atoms with E-state index < -0.39 is 17.2 Å². The standard InChI is InChI=1S/C19H33N5O2.HI/c1-14-8-9-15(12-22-14)10-11-21-16(20-7)23-13-19(5,6)24-17(25)26-18(2,3)4;/h8-9,12H,10-11,13H2,1-7H3,(H,24,25)(H2,20,21,23);1H. The van der Waals surface area contributed by atoms with Gasteiger partial charge < -0.3 is 20.7 Å². The van der Waals surface area contributed by atoms with Crippen LogP contribution in [0.4, 0.5) is 4.79 Å². The molecule has 0 atom stereocenters. The van der Waals surface area contributed by atoms with Crippen LogP contribution in [0.25, 0.3) is 0 Å². The van der Waals surface area contributed by atoms with Gasteiger partial charge in [0.05, 0.1) is 5.54 Å². The fourth-order valence-electron chi connectivity index (χ4n) is 2.12. The number of aliphatic imine (C=N–C) groups is 1. The summed E-state index contributed by atoms with van der Waals surface area (Å²) in [5.74, 6) is 0.684. The average Bonchev–Trinajstić information content (AvgIpc) is 2.50. The summed E-state index contributed by atoms with van der Waals surface area (Å²) in [6.07, 6.45) is 2.31. The van der Waals surface area contributed by atoms with Gasteiger partial charge in [-0.05, 0) is 59.6 Å². The van der Waals surface area contributed by atoms with Gasteiger partial charge in [0.2, 0.25) is 0 Å². The predicted octanol–water partition coefficient (Wildman–Crippen LogP) is 3.02. The maximum atomic E-state index is 11.9. The molecule has 7 nitrogen and oxygen atoms in total. The minimum atomic E-state index is -0.518. The van der Waals surface area contributed by atoms with E-state index in [0.29, 0.717) is 12.5 Å². The highest BCUT2D eigenvalue weighted by Crippen LogP contribution is 2.09. The van der Waals surface area contributed by atoms with Crippen molar-refractivity contribution in [3.8, 4) is 0 Å². The number of hydrogen-bond acceptors (Lipinski definition) is 4. The molecule has 1 amide bonds. The Kier molecular flexibility index (Phi) is 10.6. The van der Waals surface area contributed by atoms with Gasteiger partial charge in [-0.2, -0.15) is 0 Å². The highest BCUT2D eigenvalue weighted by molar-refractivity contribution is 14.0. The van der Waals surface area contributed by atoms with Crippen LogP contribution in [0.1, 0.15) is 45.9 Å². The van der Waals surface area contributed by atoms with E-state index in [1.807, 2.05) is 53.8 Å². The second-order valence-corrected chi connectivity index (χ2v) is 7.92. The van der Waals surface area contributed by atoms with Gasteiger partial charge in [0.1, 0.15) is 5.60 Å². The van der Waals surface area contributed by atoms with E-state index in [1.165, 1.54) is 5.56 Å². The van der Waals surface area contributed by atoms with Crippen molar-refractivity contribution in [2.45, 2.75) is 59.1 Å². The number of nitrogens with zero attached hydrogens (tertiary/aromatic N) is 2. The molecule has 1 aromatic rings. The number of alkyl carbamates (subject to hydrolysis) is 1. The van der Waals surface area contributed by atoms with Gasteiger partial charge in [-0.25, -0.2) is 4.79 Å². The zero-order valence-corrected chi connectivity index (χ0v) is 19.8. The van der Waals surface area contributed by atoms with Crippen molar-refractivity contribution >= 4 is 36.0 Å². The Hall–Kier alpha value is -1.58. The molecule has 1 aromatic heterocycles. The number of rotatable bonds is 6. The summed E-state index contributed by atoms with van der Waals surface area (Å²) < 4.78 is 5.30. The van der Waals surface area contributed by atoms with Crippen LogP contribution in [0.5, 0.6) is 0 Å². The van der Waals surface area contributed by atoms with Crippen molar-refractivity contribution in [2.24, 2.45) is 4.99 Å². The summed E-state index contributed by atoms with van der Waals surface area (Å²) in [5.41, 5.74) is 1.18. The van der Waals surface area contributed by atoms with Crippen LogP contribution in [0, 0.1) is 6.92 Å². The monoisotopic (exact) mass is 491 g/mol. The fourth-order valence-corrected chi connectivity index (χ4v) is 2.12. The molecule has 0 fully saturated rings. The van der Waals surface area contributed by atoms with Crippen molar-refractivity contribution in [2.75, 3.05) is 20.1 Å². The van der Waals surface area contributed by atoms with E-state index in [1.54, 1.807) is 7.05 Å². The molecule has 154 valence electrons. The first-order valence-corrected chi connectivity index (χ1v) is 8.88.